The van der Waals surface area contributed by atoms with Crippen molar-refractivity contribution in [2.45, 2.75) is 46.2 Å². The monoisotopic (exact) mass is 382 g/mol. The minimum Gasteiger partial charge on any atom is -0.330 e. The average Bonchev–Trinajstić information content (AvgIpc) is 3.29. The predicted octanol–water partition coefficient (Wildman–Crippen LogP) is 5.03. The van der Waals surface area contributed by atoms with Crippen LogP contribution in [-0.4, -0.2) is 32.1 Å². The highest BCUT2D eigenvalue weighted by atomic mass is 32.1. The summed E-state index contributed by atoms with van der Waals surface area (Å²) in [7, 11) is 0. The number of nitrogens with zero attached hydrogens (tertiary/aromatic N) is 4. The van der Waals surface area contributed by atoms with E-state index in [2.05, 4.69) is 39.4 Å². The van der Waals surface area contributed by atoms with E-state index in [9.17, 15) is 4.79 Å². The van der Waals surface area contributed by atoms with E-state index in [0.29, 0.717) is 18.7 Å². The lowest BCUT2D eigenvalue weighted by Crippen LogP contribution is -2.30. The summed E-state index contributed by atoms with van der Waals surface area (Å²) in [6.07, 6.45) is 3.53. The third-order valence-corrected chi connectivity index (χ3v) is 5.32. The van der Waals surface area contributed by atoms with Gasteiger partial charge in [-0.2, -0.15) is 5.10 Å². The van der Waals surface area contributed by atoms with Crippen molar-refractivity contribution in [2.24, 2.45) is 0 Å². The second kappa shape index (κ2) is 8.05. The quantitative estimate of drug-likeness (QED) is 0.539. The second-order valence-corrected chi connectivity index (χ2v) is 8.26. The van der Waals surface area contributed by atoms with Gasteiger partial charge in [0.15, 0.2) is 5.65 Å². The number of thiophene rings is 1. The van der Waals surface area contributed by atoms with Crippen LogP contribution < -0.4 is 0 Å². The number of carbonyl (C=O) groups excluding carboxylic acids is 1. The molecule has 3 aromatic rings. The molecule has 0 bridgehead atoms. The van der Waals surface area contributed by atoms with Gasteiger partial charge in [0.05, 0.1) is 23.7 Å². The van der Waals surface area contributed by atoms with Gasteiger partial charge in [-0.15, -0.1) is 17.9 Å². The van der Waals surface area contributed by atoms with E-state index in [1.165, 1.54) is 0 Å². The Morgan fingerprint density at radius 1 is 1.37 bits per heavy atom. The van der Waals surface area contributed by atoms with Crippen LogP contribution in [0.25, 0.3) is 11.0 Å². The molecule has 3 rings (SSSR count). The Morgan fingerprint density at radius 3 is 2.74 bits per heavy atom. The fourth-order valence-corrected chi connectivity index (χ4v) is 3.74. The fraction of sp³-hybridized carbons (Fsp3) is 0.381. The molecule has 3 aromatic heterocycles. The predicted molar refractivity (Wildman–Crippen MR) is 111 cm³/mol. The van der Waals surface area contributed by atoms with Gasteiger partial charge in [0.2, 0.25) is 0 Å². The normalized spacial score (nSPS) is 11.5. The maximum atomic E-state index is 13.4. The molecule has 0 unspecified atom stereocenters. The summed E-state index contributed by atoms with van der Waals surface area (Å²) in [5.74, 6) is 0.211. The summed E-state index contributed by atoms with van der Waals surface area (Å²) in [5.41, 5.74) is 2.34. The summed E-state index contributed by atoms with van der Waals surface area (Å²) in [6.45, 7) is 13.2. The van der Waals surface area contributed by atoms with Crippen LogP contribution >= 0.6 is 11.3 Å². The van der Waals surface area contributed by atoms with E-state index in [1.54, 1.807) is 23.6 Å². The summed E-state index contributed by atoms with van der Waals surface area (Å²) >= 11 is 1.65. The number of carbonyl (C=O) groups is 1. The van der Waals surface area contributed by atoms with Gasteiger partial charge in [-0.05, 0) is 37.3 Å². The van der Waals surface area contributed by atoms with Crippen molar-refractivity contribution in [2.75, 3.05) is 6.54 Å². The fourth-order valence-electron chi connectivity index (χ4n) is 3.02. The zero-order valence-electron chi connectivity index (χ0n) is 16.3. The Bertz CT molecular complexity index is 941. The van der Waals surface area contributed by atoms with E-state index >= 15 is 0 Å². The van der Waals surface area contributed by atoms with E-state index in [-0.39, 0.29) is 17.9 Å². The molecule has 0 saturated carbocycles. The molecule has 27 heavy (non-hydrogen) atoms. The smallest absolute Gasteiger partial charge is 0.255 e. The Kier molecular flexibility index (Phi) is 5.75. The van der Waals surface area contributed by atoms with Crippen molar-refractivity contribution >= 4 is 28.3 Å². The zero-order valence-corrected chi connectivity index (χ0v) is 17.2. The van der Waals surface area contributed by atoms with Gasteiger partial charge < -0.3 is 4.90 Å². The summed E-state index contributed by atoms with van der Waals surface area (Å²) in [5, 5.41) is 7.32. The van der Waals surface area contributed by atoms with Crippen LogP contribution in [0.5, 0.6) is 0 Å². The summed E-state index contributed by atoms with van der Waals surface area (Å²) < 4.78 is 1.88. The number of fused-ring (bicyclic) bond motifs is 1. The van der Waals surface area contributed by atoms with Crippen LogP contribution in [0.4, 0.5) is 0 Å². The highest BCUT2D eigenvalue weighted by molar-refractivity contribution is 7.09. The molecule has 6 heteroatoms. The highest BCUT2D eigenvalue weighted by Gasteiger charge is 2.22. The van der Waals surface area contributed by atoms with Gasteiger partial charge in [-0.1, -0.05) is 26.0 Å². The lowest BCUT2D eigenvalue weighted by Gasteiger charge is -2.21. The number of amides is 1. The average molecular weight is 383 g/mol. The molecule has 0 spiro atoms. The summed E-state index contributed by atoms with van der Waals surface area (Å²) in [6, 6.07) is 6.15. The molecule has 0 saturated heterocycles. The molecule has 1 amide bonds. The Hall–Kier alpha value is -2.47. The molecule has 0 aliphatic rings. The topological polar surface area (TPSA) is 51.0 Å². The first-order valence-corrected chi connectivity index (χ1v) is 10.1. The maximum Gasteiger partial charge on any atom is 0.255 e. The van der Waals surface area contributed by atoms with E-state index in [4.69, 9.17) is 4.98 Å². The molecule has 0 N–H and O–H groups in total. The first-order valence-electron chi connectivity index (χ1n) is 9.23. The number of pyridine rings is 1. The van der Waals surface area contributed by atoms with Gasteiger partial charge in [0.1, 0.15) is 0 Å². The SMILES string of the molecule is C=CCN(Cc1cccs1)C(=O)c1cc(C(C)C)nc2c1cnn2C(C)C. The third kappa shape index (κ3) is 3.95. The Balaban J connectivity index is 2.09. The van der Waals surface area contributed by atoms with Crippen molar-refractivity contribution < 1.29 is 4.79 Å². The zero-order chi connectivity index (χ0) is 19.6. The Labute approximate surface area is 164 Å². The van der Waals surface area contributed by atoms with E-state index < -0.39 is 0 Å². The van der Waals surface area contributed by atoms with Crippen LogP contribution in [0, 0.1) is 0 Å². The van der Waals surface area contributed by atoms with Crippen LogP contribution in [0.2, 0.25) is 0 Å². The van der Waals surface area contributed by atoms with Crippen LogP contribution in [0.15, 0.2) is 42.4 Å². The van der Waals surface area contributed by atoms with Crippen LogP contribution in [0.1, 0.15) is 60.6 Å². The van der Waals surface area contributed by atoms with Crippen LogP contribution in [0.3, 0.4) is 0 Å². The molecule has 0 aliphatic heterocycles. The first-order chi connectivity index (χ1) is 12.9. The largest absolute Gasteiger partial charge is 0.330 e. The van der Waals surface area contributed by atoms with Gasteiger partial charge in [-0.3, -0.25) is 4.79 Å². The third-order valence-electron chi connectivity index (χ3n) is 4.46. The highest BCUT2D eigenvalue weighted by Crippen LogP contribution is 2.26. The van der Waals surface area contributed by atoms with Crippen molar-refractivity contribution in [3.63, 3.8) is 0 Å². The molecular weight excluding hydrogens is 356 g/mol. The van der Waals surface area contributed by atoms with E-state index in [1.807, 2.05) is 33.2 Å². The molecule has 142 valence electrons. The number of aromatic nitrogens is 3. The standard InChI is InChI=1S/C21H26N4OS/c1-6-9-24(13-16-8-7-10-27-16)21(26)17-11-19(14(2)3)23-20-18(17)12-22-25(20)15(4)5/h6-8,10-12,14-15H,1,9,13H2,2-5H3. The molecular formula is C21H26N4OS. The molecule has 3 heterocycles. The number of hydrogen-bond acceptors (Lipinski definition) is 4. The van der Waals surface area contributed by atoms with Gasteiger partial charge in [0.25, 0.3) is 5.91 Å². The van der Waals surface area contributed by atoms with Crippen molar-refractivity contribution in [1.29, 1.82) is 0 Å². The first kappa shape index (κ1) is 19.3. The minimum atomic E-state index is -0.0130. The van der Waals surface area contributed by atoms with Crippen molar-refractivity contribution in [3.8, 4) is 0 Å². The molecule has 0 aliphatic carbocycles. The minimum absolute atomic E-state index is 0.0130. The van der Waals surface area contributed by atoms with Gasteiger partial charge in [-0.25, -0.2) is 9.67 Å². The molecule has 0 atom stereocenters. The lowest BCUT2D eigenvalue weighted by molar-refractivity contribution is 0.0766. The molecule has 0 radical (unpaired) electrons. The van der Waals surface area contributed by atoms with Crippen molar-refractivity contribution in [1.82, 2.24) is 19.7 Å². The molecule has 5 nitrogen and oxygen atoms in total. The Morgan fingerprint density at radius 2 is 2.15 bits per heavy atom. The second-order valence-electron chi connectivity index (χ2n) is 7.22. The van der Waals surface area contributed by atoms with E-state index in [0.717, 1.165) is 21.6 Å². The maximum absolute atomic E-state index is 13.4. The van der Waals surface area contributed by atoms with Gasteiger partial charge >= 0.3 is 0 Å². The van der Waals surface area contributed by atoms with Crippen molar-refractivity contribution in [3.05, 3.63) is 58.6 Å². The van der Waals surface area contributed by atoms with Crippen LogP contribution in [-0.2, 0) is 6.54 Å². The molecule has 0 aromatic carbocycles. The number of hydrogen-bond donors (Lipinski definition) is 0. The molecule has 0 fully saturated rings. The summed E-state index contributed by atoms with van der Waals surface area (Å²) in [4.78, 5) is 21.2. The van der Waals surface area contributed by atoms with Gasteiger partial charge in [0, 0.05) is 23.2 Å². The number of rotatable bonds is 7. The lowest BCUT2D eigenvalue weighted by atomic mass is 10.0.